The van der Waals surface area contributed by atoms with Gasteiger partial charge in [0.1, 0.15) is 17.4 Å². The molecule has 1 aliphatic rings. The third-order valence-corrected chi connectivity index (χ3v) is 5.57. The first-order valence-electron chi connectivity index (χ1n) is 9.76. The Kier molecular flexibility index (Phi) is 5.01. The topological polar surface area (TPSA) is 83.1 Å². The first-order valence-corrected chi connectivity index (χ1v) is 9.76. The van der Waals surface area contributed by atoms with Gasteiger partial charge in [-0.2, -0.15) is 10.4 Å². The molecule has 1 aromatic carbocycles. The van der Waals surface area contributed by atoms with Crippen molar-refractivity contribution in [2.24, 2.45) is 5.92 Å². The van der Waals surface area contributed by atoms with Gasteiger partial charge in [-0.05, 0) is 62.3 Å². The summed E-state index contributed by atoms with van der Waals surface area (Å²) in [5.74, 6) is 0.101. The molecule has 0 radical (unpaired) electrons. The average molecular weight is 391 g/mol. The molecule has 148 valence electrons. The molecule has 4 rings (SSSR count). The number of carbonyl (C=O) groups is 1. The lowest BCUT2D eigenvalue weighted by atomic mass is 10.0. The van der Waals surface area contributed by atoms with E-state index in [9.17, 15) is 14.4 Å². The van der Waals surface area contributed by atoms with Gasteiger partial charge >= 0.3 is 0 Å². The number of nitriles is 1. The fourth-order valence-electron chi connectivity index (χ4n) is 3.81. The number of amides is 1. The van der Waals surface area contributed by atoms with Crippen LogP contribution in [0.4, 0.5) is 4.39 Å². The van der Waals surface area contributed by atoms with Gasteiger partial charge in [0.05, 0.1) is 12.2 Å². The second kappa shape index (κ2) is 7.63. The summed E-state index contributed by atoms with van der Waals surface area (Å²) in [5, 5.41) is 16.5. The molecule has 0 bridgehead atoms. The molecule has 0 aliphatic heterocycles. The highest BCUT2D eigenvalue weighted by atomic mass is 19.1. The van der Waals surface area contributed by atoms with Gasteiger partial charge in [-0.25, -0.2) is 13.9 Å². The summed E-state index contributed by atoms with van der Waals surface area (Å²) in [6, 6.07) is 8.38. The van der Waals surface area contributed by atoms with E-state index >= 15 is 0 Å². The van der Waals surface area contributed by atoms with Crippen molar-refractivity contribution in [3.8, 4) is 6.07 Å². The van der Waals surface area contributed by atoms with Gasteiger partial charge in [0, 0.05) is 17.8 Å². The van der Waals surface area contributed by atoms with Crippen LogP contribution in [-0.2, 0) is 11.2 Å². The molecule has 29 heavy (non-hydrogen) atoms. The number of hydrogen-bond donors (Lipinski definition) is 1. The van der Waals surface area contributed by atoms with Gasteiger partial charge in [-0.3, -0.25) is 4.79 Å². The van der Waals surface area contributed by atoms with Crippen LogP contribution in [0.25, 0.3) is 5.65 Å². The number of fused-ring (bicyclic) bond motifs is 1. The van der Waals surface area contributed by atoms with Gasteiger partial charge in [-0.15, -0.1) is 0 Å². The maximum Gasteiger partial charge on any atom is 0.220 e. The third-order valence-electron chi connectivity index (χ3n) is 5.57. The van der Waals surface area contributed by atoms with Crippen LogP contribution < -0.4 is 5.32 Å². The largest absolute Gasteiger partial charge is 0.349 e. The number of rotatable bonds is 6. The van der Waals surface area contributed by atoms with Crippen molar-refractivity contribution >= 4 is 11.6 Å². The second-order valence-electron chi connectivity index (χ2n) is 7.60. The van der Waals surface area contributed by atoms with Gasteiger partial charge < -0.3 is 5.32 Å². The van der Waals surface area contributed by atoms with Crippen LogP contribution >= 0.6 is 0 Å². The van der Waals surface area contributed by atoms with E-state index in [1.165, 1.54) is 18.3 Å². The predicted octanol–water partition coefficient (Wildman–Crippen LogP) is 3.56. The molecular formula is C22H22FN5O. The summed E-state index contributed by atoms with van der Waals surface area (Å²) in [4.78, 5) is 17.2. The molecule has 1 atom stereocenters. The van der Waals surface area contributed by atoms with E-state index in [0.717, 1.165) is 35.4 Å². The Balaban J connectivity index is 1.48. The first-order chi connectivity index (χ1) is 14.0. The molecule has 2 aromatic heterocycles. The molecular weight excluding hydrogens is 369 g/mol. The van der Waals surface area contributed by atoms with Gasteiger partial charge in [0.15, 0.2) is 5.65 Å². The van der Waals surface area contributed by atoms with Crippen molar-refractivity contribution in [2.75, 3.05) is 0 Å². The zero-order valence-corrected chi connectivity index (χ0v) is 16.4. The van der Waals surface area contributed by atoms with E-state index in [-0.39, 0.29) is 17.8 Å². The molecule has 0 spiro atoms. The summed E-state index contributed by atoms with van der Waals surface area (Å²) >= 11 is 0. The molecule has 1 fully saturated rings. The molecule has 1 unspecified atom stereocenters. The number of nitrogens with zero attached hydrogens (tertiary/aromatic N) is 4. The summed E-state index contributed by atoms with van der Waals surface area (Å²) in [6.45, 7) is 3.81. The second-order valence-corrected chi connectivity index (χ2v) is 7.60. The lowest BCUT2D eigenvalue weighted by Crippen LogP contribution is -2.30. The summed E-state index contributed by atoms with van der Waals surface area (Å²) in [6.07, 6.45) is 4.51. The molecule has 6 nitrogen and oxygen atoms in total. The molecule has 2 heterocycles. The standard InChI is InChI=1S/C22H22FN5O/c1-13-19(14(2)28-22(26-13)17(11-24)12-25-28)9-10-20(29)27-21(15-3-4-15)16-5-7-18(23)8-6-16/h5-8,12,15,21H,3-4,9-10H2,1-2H3,(H,27,29). The highest BCUT2D eigenvalue weighted by Gasteiger charge is 2.33. The van der Waals surface area contributed by atoms with Crippen LogP contribution in [0.15, 0.2) is 30.5 Å². The Morgan fingerprint density at radius 2 is 2.07 bits per heavy atom. The molecule has 1 aliphatic carbocycles. The SMILES string of the molecule is Cc1nc2c(C#N)cnn2c(C)c1CCC(=O)NC(c1ccc(F)cc1)C1CC1. The molecule has 7 heteroatoms. The number of halogens is 1. The van der Waals surface area contributed by atoms with E-state index in [0.29, 0.717) is 30.0 Å². The van der Waals surface area contributed by atoms with E-state index < -0.39 is 0 Å². The normalized spacial score (nSPS) is 14.6. The quantitative estimate of drug-likeness (QED) is 0.696. The Bertz CT molecular complexity index is 1110. The van der Waals surface area contributed by atoms with Crippen molar-refractivity contribution in [2.45, 2.75) is 45.6 Å². The average Bonchev–Trinajstić information content (AvgIpc) is 3.46. The summed E-state index contributed by atoms with van der Waals surface area (Å²) in [7, 11) is 0. The molecule has 1 amide bonds. The number of aromatic nitrogens is 3. The van der Waals surface area contributed by atoms with Crippen molar-refractivity contribution in [1.82, 2.24) is 19.9 Å². The number of nitrogens with one attached hydrogen (secondary N) is 1. The maximum atomic E-state index is 13.2. The molecule has 3 aromatic rings. The smallest absolute Gasteiger partial charge is 0.220 e. The Labute approximate surface area is 168 Å². The van der Waals surface area contributed by atoms with Crippen LogP contribution in [0.5, 0.6) is 0 Å². The van der Waals surface area contributed by atoms with Crippen molar-refractivity contribution in [3.05, 3.63) is 64.4 Å². The number of carbonyl (C=O) groups excluding carboxylic acids is 1. The zero-order chi connectivity index (χ0) is 20.5. The summed E-state index contributed by atoms with van der Waals surface area (Å²) < 4.78 is 14.9. The highest BCUT2D eigenvalue weighted by Crippen LogP contribution is 2.41. The van der Waals surface area contributed by atoms with Crippen molar-refractivity contribution < 1.29 is 9.18 Å². The zero-order valence-electron chi connectivity index (χ0n) is 16.4. The highest BCUT2D eigenvalue weighted by molar-refractivity contribution is 5.77. The van der Waals surface area contributed by atoms with Crippen LogP contribution in [0.1, 0.15) is 53.4 Å². The summed E-state index contributed by atoms with van der Waals surface area (Å²) in [5.41, 5.74) is 4.58. The monoisotopic (exact) mass is 391 g/mol. The lowest BCUT2D eigenvalue weighted by Gasteiger charge is -2.19. The minimum absolute atomic E-state index is 0.0386. The fourth-order valence-corrected chi connectivity index (χ4v) is 3.81. The minimum atomic E-state index is -0.276. The van der Waals surface area contributed by atoms with Gasteiger partial charge in [-0.1, -0.05) is 12.1 Å². The first kappa shape index (κ1) is 19.1. The van der Waals surface area contributed by atoms with Crippen LogP contribution in [0.3, 0.4) is 0 Å². The van der Waals surface area contributed by atoms with Crippen molar-refractivity contribution in [3.63, 3.8) is 0 Å². The number of hydrogen-bond acceptors (Lipinski definition) is 4. The van der Waals surface area contributed by atoms with Crippen LogP contribution in [-0.4, -0.2) is 20.5 Å². The van der Waals surface area contributed by atoms with E-state index in [4.69, 9.17) is 0 Å². The van der Waals surface area contributed by atoms with E-state index in [1.807, 2.05) is 13.8 Å². The van der Waals surface area contributed by atoms with Crippen molar-refractivity contribution in [1.29, 1.82) is 5.26 Å². The molecule has 1 saturated carbocycles. The van der Waals surface area contributed by atoms with Crippen LogP contribution in [0, 0.1) is 36.9 Å². The molecule has 1 N–H and O–H groups in total. The van der Waals surface area contributed by atoms with Crippen LogP contribution in [0.2, 0.25) is 0 Å². The lowest BCUT2D eigenvalue weighted by molar-refractivity contribution is -0.122. The third kappa shape index (κ3) is 3.83. The van der Waals surface area contributed by atoms with Gasteiger partial charge in [0.2, 0.25) is 5.91 Å². The predicted molar refractivity (Wildman–Crippen MR) is 106 cm³/mol. The van der Waals surface area contributed by atoms with Gasteiger partial charge in [0.25, 0.3) is 0 Å². The Hall–Kier alpha value is -3.27. The number of benzene rings is 1. The Morgan fingerprint density at radius 1 is 1.34 bits per heavy atom. The van der Waals surface area contributed by atoms with E-state index in [1.54, 1.807) is 16.6 Å². The number of aryl methyl sites for hydroxylation is 2. The molecule has 0 saturated heterocycles. The fraction of sp³-hybridized carbons (Fsp3) is 0.364. The Morgan fingerprint density at radius 3 is 2.72 bits per heavy atom. The maximum absolute atomic E-state index is 13.2. The minimum Gasteiger partial charge on any atom is -0.349 e. The van der Waals surface area contributed by atoms with E-state index in [2.05, 4.69) is 21.5 Å².